The lowest BCUT2D eigenvalue weighted by Gasteiger charge is -2.20. The summed E-state index contributed by atoms with van der Waals surface area (Å²) in [7, 11) is 0. The van der Waals surface area contributed by atoms with Crippen molar-refractivity contribution in [2.24, 2.45) is 0 Å². The highest BCUT2D eigenvalue weighted by Gasteiger charge is 2.11. The number of halogens is 1. The molecule has 88 valence electrons. The van der Waals surface area contributed by atoms with Crippen molar-refractivity contribution in [1.29, 1.82) is 0 Å². The van der Waals surface area contributed by atoms with Gasteiger partial charge in [0.05, 0.1) is 6.42 Å². The van der Waals surface area contributed by atoms with Crippen molar-refractivity contribution in [1.82, 2.24) is 4.90 Å². The lowest BCUT2D eigenvalue weighted by molar-refractivity contribution is -0.130. The van der Waals surface area contributed by atoms with E-state index in [9.17, 15) is 4.79 Å². The Bertz CT molecular complexity index is 307. The Morgan fingerprint density at radius 3 is 2.50 bits per heavy atom. The number of nitrogens with zero attached hydrogens (tertiary/aromatic N) is 1. The Morgan fingerprint density at radius 1 is 1.25 bits per heavy atom. The minimum absolute atomic E-state index is 0.161. The largest absolute Gasteiger partial charge is 0.341 e. The summed E-state index contributed by atoms with van der Waals surface area (Å²) in [4.78, 5) is 13.8. The Kier molecular flexibility index (Phi) is 5.94. The lowest BCUT2D eigenvalue weighted by atomic mass is 10.1. The summed E-state index contributed by atoms with van der Waals surface area (Å²) in [6.45, 7) is 3.50. The highest BCUT2D eigenvalue weighted by molar-refractivity contribution is 6.18. The van der Waals surface area contributed by atoms with Gasteiger partial charge in [0.25, 0.3) is 0 Å². The summed E-state index contributed by atoms with van der Waals surface area (Å²) in [6.07, 6.45) is 1.44. The Morgan fingerprint density at radius 2 is 1.94 bits per heavy atom. The Labute approximate surface area is 102 Å². The number of rotatable bonds is 6. The molecule has 1 aromatic carbocycles. The van der Waals surface area contributed by atoms with Crippen LogP contribution in [0.3, 0.4) is 0 Å². The van der Waals surface area contributed by atoms with E-state index in [1.165, 1.54) is 0 Å². The first kappa shape index (κ1) is 13.0. The molecule has 0 heterocycles. The summed E-state index contributed by atoms with van der Waals surface area (Å²) in [6, 6.07) is 9.81. The fraction of sp³-hybridized carbons (Fsp3) is 0.462. The number of amides is 1. The molecule has 3 heteroatoms. The zero-order valence-corrected chi connectivity index (χ0v) is 10.4. The van der Waals surface area contributed by atoms with Crippen molar-refractivity contribution < 1.29 is 4.79 Å². The maximum absolute atomic E-state index is 12.0. The van der Waals surface area contributed by atoms with Crippen molar-refractivity contribution in [3.8, 4) is 0 Å². The van der Waals surface area contributed by atoms with E-state index in [1.807, 2.05) is 35.2 Å². The molecule has 0 bridgehead atoms. The SMILES string of the molecule is CCCN(CCCl)C(=O)Cc1ccccc1. The molecule has 0 saturated carbocycles. The topological polar surface area (TPSA) is 20.3 Å². The van der Waals surface area contributed by atoms with Gasteiger partial charge < -0.3 is 4.90 Å². The van der Waals surface area contributed by atoms with Crippen LogP contribution in [0.15, 0.2) is 30.3 Å². The van der Waals surface area contributed by atoms with Gasteiger partial charge in [-0.2, -0.15) is 0 Å². The minimum atomic E-state index is 0.161. The second-order valence-corrected chi connectivity index (χ2v) is 4.11. The van der Waals surface area contributed by atoms with Crippen LogP contribution < -0.4 is 0 Å². The number of alkyl halides is 1. The van der Waals surface area contributed by atoms with Crippen LogP contribution in [0.2, 0.25) is 0 Å². The van der Waals surface area contributed by atoms with Crippen LogP contribution in [-0.2, 0) is 11.2 Å². The maximum Gasteiger partial charge on any atom is 0.227 e. The number of carbonyl (C=O) groups is 1. The van der Waals surface area contributed by atoms with Crippen LogP contribution in [0, 0.1) is 0 Å². The molecule has 16 heavy (non-hydrogen) atoms. The van der Waals surface area contributed by atoms with Crippen LogP contribution in [0.1, 0.15) is 18.9 Å². The standard InChI is InChI=1S/C13H18ClNO/c1-2-9-15(10-8-14)13(16)11-12-6-4-3-5-7-12/h3-7H,2,8-11H2,1H3. The maximum atomic E-state index is 12.0. The lowest BCUT2D eigenvalue weighted by Crippen LogP contribution is -2.34. The molecule has 1 amide bonds. The van der Waals surface area contributed by atoms with E-state index in [0.29, 0.717) is 18.8 Å². The molecule has 0 aliphatic heterocycles. The molecule has 0 spiro atoms. The minimum Gasteiger partial charge on any atom is -0.341 e. The average molecular weight is 240 g/mol. The molecule has 0 unspecified atom stereocenters. The number of hydrogen-bond acceptors (Lipinski definition) is 1. The predicted octanol–water partition coefficient (Wildman–Crippen LogP) is 2.71. The zero-order valence-electron chi connectivity index (χ0n) is 9.66. The van der Waals surface area contributed by atoms with E-state index in [-0.39, 0.29) is 5.91 Å². The Balaban J connectivity index is 2.55. The average Bonchev–Trinajstić information content (AvgIpc) is 2.30. The molecule has 0 radical (unpaired) electrons. The predicted molar refractivity (Wildman–Crippen MR) is 67.7 cm³/mol. The molecule has 0 atom stereocenters. The van der Waals surface area contributed by atoms with Gasteiger partial charge in [-0.05, 0) is 12.0 Å². The molecule has 0 fully saturated rings. The molecule has 1 aromatic rings. The monoisotopic (exact) mass is 239 g/mol. The highest BCUT2D eigenvalue weighted by atomic mass is 35.5. The normalized spacial score (nSPS) is 10.1. The third kappa shape index (κ3) is 4.23. The first-order chi connectivity index (χ1) is 7.77. The summed E-state index contributed by atoms with van der Waals surface area (Å²) in [5.41, 5.74) is 1.06. The zero-order chi connectivity index (χ0) is 11.8. The quantitative estimate of drug-likeness (QED) is 0.699. The van der Waals surface area contributed by atoms with E-state index < -0.39 is 0 Å². The van der Waals surface area contributed by atoms with Crippen LogP contribution in [-0.4, -0.2) is 29.8 Å². The molecular weight excluding hydrogens is 222 g/mol. The number of hydrogen-bond donors (Lipinski definition) is 0. The van der Waals surface area contributed by atoms with Crippen LogP contribution >= 0.6 is 11.6 Å². The third-order valence-electron chi connectivity index (χ3n) is 2.40. The molecule has 1 rings (SSSR count). The third-order valence-corrected chi connectivity index (χ3v) is 2.57. The van der Waals surface area contributed by atoms with Gasteiger partial charge in [0.2, 0.25) is 5.91 Å². The van der Waals surface area contributed by atoms with Crippen molar-refractivity contribution in [3.63, 3.8) is 0 Å². The fourth-order valence-corrected chi connectivity index (χ4v) is 1.82. The van der Waals surface area contributed by atoms with Gasteiger partial charge >= 0.3 is 0 Å². The highest BCUT2D eigenvalue weighted by Crippen LogP contribution is 2.04. The molecular formula is C13H18ClNO. The van der Waals surface area contributed by atoms with Gasteiger partial charge in [-0.15, -0.1) is 11.6 Å². The molecule has 0 saturated heterocycles. The summed E-state index contributed by atoms with van der Waals surface area (Å²) < 4.78 is 0. The Hall–Kier alpha value is -1.02. The molecule has 0 N–H and O–H groups in total. The summed E-state index contributed by atoms with van der Waals surface area (Å²) in [5, 5.41) is 0. The fourth-order valence-electron chi connectivity index (χ4n) is 1.62. The summed E-state index contributed by atoms with van der Waals surface area (Å²) in [5.74, 6) is 0.661. The van der Waals surface area contributed by atoms with Gasteiger partial charge in [-0.25, -0.2) is 0 Å². The number of carbonyl (C=O) groups excluding carboxylic acids is 1. The molecule has 0 aliphatic rings. The van der Waals surface area contributed by atoms with Gasteiger partial charge in [0, 0.05) is 19.0 Å². The molecule has 2 nitrogen and oxygen atoms in total. The van der Waals surface area contributed by atoms with Crippen molar-refractivity contribution in [2.75, 3.05) is 19.0 Å². The van der Waals surface area contributed by atoms with E-state index >= 15 is 0 Å². The van der Waals surface area contributed by atoms with E-state index in [1.54, 1.807) is 0 Å². The van der Waals surface area contributed by atoms with Crippen LogP contribution in [0.4, 0.5) is 0 Å². The van der Waals surface area contributed by atoms with Gasteiger partial charge in [0.15, 0.2) is 0 Å². The van der Waals surface area contributed by atoms with E-state index in [2.05, 4.69) is 6.92 Å². The first-order valence-electron chi connectivity index (χ1n) is 5.65. The second kappa shape index (κ2) is 7.29. The van der Waals surface area contributed by atoms with Crippen LogP contribution in [0.25, 0.3) is 0 Å². The van der Waals surface area contributed by atoms with E-state index in [4.69, 9.17) is 11.6 Å². The van der Waals surface area contributed by atoms with Crippen molar-refractivity contribution in [3.05, 3.63) is 35.9 Å². The smallest absolute Gasteiger partial charge is 0.227 e. The molecule has 0 aliphatic carbocycles. The van der Waals surface area contributed by atoms with Crippen molar-refractivity contribution in [2.45, 2.75) is 19.8 Å². The molecule has 0 aromatic heterocycles. The summed E-state index contributed by atoms with van der Waals surface area (Å²) >= 11 is 5.69. The van der Waals surface area contributed by atoms with Crippen molar-refractivity contribution >= 4 is 17.5 Å². The van der Waals surface area contributed by atoms with Gasteiger partial charge in [-0.1, -0.05) is 37.3 Å². The van der Waals surface area contributed by atoms with Gasteiger partial charge in [0.1, 0.15) is 0 Å². The van der Waals surface area contributed by atoms with Crippen LogP contribution in [0.5, 0.6) is 0 Å². The number of benzene rings is 1. The van der Waals surface area contributed by atoms with E-state index in [0.717, 1.165) is 18.5 Å². The van der Waals surface area contributed by atoms with Gasteiger partial charge in [-0.3, -0.25) is 4.79 Å². The second-order valence-electron chi connectivity index (χ2n) is 3.73. The first-order valence-corrected chi connectivity index (χ1v) is 6.19.